The van der Waals surface area contributed by atoms with Gasteiger partial charge in [-0.2, -0.15) is 5.26 Å². The van der Waals surface area contributed by atoms with Gasteiger partial charge in [0.25, 0.3) is 0 Å². The van der Waals surface area contributed by atoms with Gasteiger partial charge in [0.15, 0.2) is 5.82 Å². The summed E-state index contributed by atoms with van der Waals surface area (Å²) in [5, 5.41) is 9.74. The Morgan fingerprint density at radius 2 is 1.45 bits per heavy atom. The van der Waals surface area contributed by atoms with Crippen molar-refractivity contribution < 1.29 is 0 Å². The number of aryl methyl sites for hydroxylation is 1. The zero-order chi connectivity index (χ0) is 23.4. The molecule has 1 aliphatic carbocycles. The third kappa shape index (κ3) is 7.66. The molecular weight excluding hydrogens is 402 g/mol. The lowest BCUT2D eigenvalue weighted by Crippen LogP contribution is -2.25. The lowest BCUT2D eigenvalue weighted by atomic mass is 9.67. The minimum atomic E-state index is -0.0723. The van der Waals surface area contributed by atoms with Crippen molar-refractivity contribution in [2.45, 2.75) is 116 Å². The smallest absolute Gasteiger partial charge is 0.159 e. The molecule has 0 amide bonds. The molecule has 0 aliphatic heterocycles. The van der Waals surface area contributed by atoms with Crippen molar-refractivity contribution in [3.05, 3.63) is 47.8 Å². The van der Waals surface area contributed by atoms with E-state index >= 15 is 0 Å². The van der Waals surface area contributed by atoms with Gasteiger partial charge in [0, 0.05) is 18.0 Å². The standard InChI is InChI=1S/C30H43N3/c1-3-5-7-8-9-10-11-12-25-22-32-29(33-23-25)28-15-13-26(14-16-28)27-17-20-30(24-31,21-18-27)19-6-4-2/h13-16,22-23,27H,3-12,17-21H2,1-2H3. The summed E-state index contributed by atoms with van der Waals surface area (Å²) in [6.45, 7) is 4.48. The Morgan fingerprint density at radius 1 is 0.848 bits per heavy atom. The van der Waals surface area contributed by atoms with Crippen LogP contribution in [0, 0.1) is 16.7 Å². The molecule has 1 saturated carbocycles. The van der Waals surface area contributed by atoms with Crippen molar-refractivity contribution in [1.29, 1.82) is 5.26 Å². The molecule has 0 radical (unpaired) electrons. The van der Waals surface area contributed by atoms with Crippen LogP contribution in [0.4, 0.5) is 0 Å². The van der Waals surface area contributed by atoms with E-state index in [1.807, 2.05) is 12.4 Å². The fraction of sp³-hybridized carbons (Fsp3) is 0.633. The second kappa shape index (κ2) is 13.5. The van der Waals surface area contributed by atoms with E-state index in [0.717, 1.165) is 49.9 Å². The third-order valence-electron chi connectivity index (χ3n) is 7.60. The minimum absolute atomic E-state index is 0.0723. The predicted octanol–water partition coefficient (Wildman–Crippen LogP) is 8.79. The van der Waals surface area contributed by atoms with Crippen molar-refractivity contribution in [2.24, 2.45) is 5.41 Å². The van der Waals surface area contributed by atoms with Crippen LogP contribution in [0.1, 0.15) is 121 Å². The quantitative estimate of drug-likeness (QED) is 0.289. The van der Waals surface area contributed by atoms with Gasteiger partial charge in [-0.15, -0.1) is 0 Å². The molecule has 0 atom stereocenters. The third-order valence-corrected chi connectivity index (χ3v) is 7.60. The Balaban J connectivity index is 1.47. The molecule has 178 valence electrons. The van der Waals surface area contributed by atoms with Crippen LogP contribution in [-0.2, 0) is 6.42 Å². The van der Waals surface area contributed by atoms with E-state index in [4.69, 9.17) is 0 Å². The number of hydrogen-bond donors (Lipinski definition) is 0. The average Bonchev–Trinajstić information content (AvgIpc) is 2.88. The number of nitrogens with zero attached hydrogens (tertiary/aromatic N) is 3. The fourth-order valence-electron chi connectivity index (χ4n) is 5.26. The van der Waals surface area contributed by atoms with Gasteiger partial charge in [-0.3, -0.25) is 0 Å². The van der Waals surface area contributed by atoms with Crippen LogP contribution in [0.5, 0.6) is 0 Å². The summed E-state index contributed by atoms with van der Waals surface area (Å²) in [6.07, 6.45) is 22.2. The number of benzene rings is 1. The maximum Gasteiger partial charge on any atom is 0.159 e. The first kappa shape index (κ1) is 25.4. The maximum atomic E-state index is 9.74. The van der Waals surface area contributed by atoms with Crippen LogP contribution in [0.3, 0.4) is 0 Å². The number of aromatic nitrogens is 2. The van der Waals surface area contributed by atoms with Crippen LogP contribution in [0.15, 0.2) is 36.7 Å². The monoisotopic (exact) mass is 445 g/mol. The predicted molar refractivity (Wildman–Crippen MR) is 138 cm³/mol. The molecule has 0 spiro atoms. The van der Waals surface area contributed by atoms with Crippen molar-refractivity contribution in [1.82, 2.24) is 9.97 Å². The zero-order valence-corrected chi connectivity index (χ0v) is 21.0. The molecule has 3 nitrogen and oxygen atoms in total. The molecule has 0 saturated heterocycles. The first-order valence-corrected chi connectivity index (χ1v) is 13.5. The van der Waals surface area contributed by atoms with E-state index in [2.05, 4.69) is 54.2 Å². The molecule has 0 unspecified atom stereocenters. The highest BCUT2D eigenvalue weighted by atomic mass is 14.9. The Bertz CT molecular complexity index is 840. The van der Waals surface area contributed by atoms with Gasteiger partial charge in [0.1, 0.15) is 0 Å². The van der Waals surface area contributed by atoms with Crippen molar-refractivity contribution in [3.8, 4) is 17.5 Å². The SMILES string of the molecule is CCCCCCCCCc1cnc(-c2ccc(C3CCC(C#N)(CCCC)CC3)cc2)nc1. The molecule has 1 aliphatic rings. The number of unbranched alkanes of at least 4 members (excludes halogenated alkanes) is 7. The van der Waals surface area contributed by atoms with E-state index < -0.39 is 0 Å². The van der Waals surface area contributed by atoms with Crippen molar-refractivity contribution >= 4 is 0 Å². The van der Waals surface area contributed by atoms with Crippen LogP contribution in [0.25, 0.3) is 11.4 Å². The largest absolute Gasteiger partial charge is 0.236 e. The van der Waals surface area contributed by atoms with Gasteiger partial charge in [0.2, 0.25) is 0 Å². The highest BCUT2D eigenvalue weighted by molar-refractivity contribution is 5.55. The molecule has 1 fully saturated rings. The van der Waals surface area contributed by atoms with Crippen molar-refractivity contribution in [3.63, 3.8) is 0 Å². The fourth-order valence-corrected chi connectivity index (χ4v) is 5.26. The molecule has 0 N–H and O–H groups in total. The topological polar surface area (TPSA) is 49.6 Å². The Morgan fingerprint density at radius 3 is 2.06 bits per heavy atom. The van der Waals surface area contributed by atoms with Crippen LogP contribution >= 0.6 is 0 Å². The molecule has 1 aromatic carbocycles. The summed E-state index contributed by atoms with van der Waals surface area (Å²) >= 11 is 0. The van der Waals surface area contributed by atoms with Gasteiger partial charge in [-0.05, 0) is 62.0 Å². The summed E-state index contributed by atoms with van der Waals surface area (Å²) < 4.78 is 0. The highest BCUT2D eigenvalue weighted by Crippen LogP contribution is 2.45. The van der Waals surface area contributed by atoms with E-state index in [1.165, 1.54) is 68.9 Å². The number of nitriles is 1. The Hall–Kier alpha value is -2.21. The lowest BCUT2D eigenvalue weighted by Gasteiger charge is -2.35. The maximum absolute atomic E-state index is 9.74. The molecule has 0 bridgehead atoms. The number of rotatable bonds is 13. The van der Waals surface area contributed by atoms with Crippen LogP contribution in [-0.4, -0.2) is 9.97 Å². The summed E-state index contributed by atoms with van der Waals surface area (Å²) in [6, 6.07) is 11.5. The Kier molecular flexibility index (Phi) is 10.4. The molecular formula is C30H43N3. The van der Waals surface area contributed by atoms with Crippen LogP contribution < -0.4 is 0 Å². The second-order valence-corrected chi connectivity index (χ2v) is 10.2. The molecule has 1 aromatic heterocycles. The normalized spacial score (nSPS) is 20.5. The molecule has 1 heterocycles. The molecule has 2 aromatic rings. The average molecular weight is 446 g/mol. The number of hydrogen-bond acceptors (Lipinski definition) is 3. The van der Waals surface area contributed by atoms with E-state index in [9.17, 15) is 5.26 Å². The summed E-state index contributed by atoms with van der Waals surface area (Å²) in [7, 11) is 0. The van der Waals surface area contributed by atoms with Gasteiger partial charge in [-0.25, -0.2) is 9.97 Å². The highest BCUT2D eigenvalue weighted by Gasteiger charge is 2.35. The summed E-state index contributed by atoms with van der Waals surface area (Å²) in [5.74, 6) is 1.39. The summed E-state index contributed by atoms with van der Waals surface area (Å²) in [4.78, 5) is 9.28. The van der Waals surface area contributed by atoms with E-state index in [1.54, 1.807) is 0 Å². The minimum Gasteiger partial charge on any atom is -0.236 e. The van der Waals surface area contributed by atoms with Crippen LogP contribution in [0.2, 0.25) is 0 Å². The molecule has 33 heavy (non-hydrogen) atoms. The summed E-state index contributed by atoms with van der Waals surface area (Å²) in [5.41, 5.74) is 3.66. The molecule has 3 heteroatoms. The van der Waals surface area contributed by atoms with Gasteiger partial charge in [0.05, 0.1) is 11.5 Å². The van der Waals surface area contributed by atoms with E-state index in [0.29, 0.717) is 5.92 Å². The van der Waals surface area contributed by atoms with Gasteiger partial charge >= 0.3 is 0 Å². The molecule has 3 rings (SSSR count). The van der Waals surface area contributed by atoms with Gasteiger partial charge in [-0.1, -0.05) is 89.5 Å². The van der Waals surface area contributed by atoms with E-state index in [-0.39, 0.29) is 5.41 Å². The Labute approximate surface area is 202 Å². The lowest BCUT2D eigenvalue weighted by molar-refractivity contribution is 0.224. The second-order valence-electron chi connectivity index (χ2n) is 10.2. The zero-order valence-electron chi connectivity index (χ0n) is 21.0. The van der Waals surface area contributed by atoms with Gasteiger partial charge < -0.3 is 0 Å². The van der Waals surface area contributed by atoms with Crippen molar-refractivity contribution in [2.75, 3.05) is 0 Å². The first-order chi connectivity index (χ1) is 16.2. The first-order valence-electron chi connectivity index (χ1n) is 13.5.